The summed E-state index contributed by atoms with van der Waals surface area (Å²) in [5, 5.41) is 48.8. The molecule has 5 atom stereocenters. The summed E-state index contributed by atoms with van der Waals surface area (Å²) in [5.41, 5.74) is 7.44. The van der Waals surface area contributed by atoms with Crippen molar-refractivity contribution in [3.63, 3.8) is 0 Å². The topological polar surface area (TPSA) is 240 Å². The molecule has 3 aromatic rings. The van der Waals surface area contributed by atoms with Crippen LogP contribution >= 0.6 is 25.3 Å². The molecule has 0 radical (unpaired) electrons. The minimum absolute atomic E-state index is 0.00791. The molecule has 262 valence electrons. The van der Waals surface area contributed by atoms with Gasteiger partial charge in [-0.3, -0.25) is 19.2 Å². The average molecular weight is 714 g/mol. The molecule has 3 rings (SSSR count). The number of aliphatic carboxylic acids is 1. The standard InChI is InChI=1S/C33H39N5O9S2/c34-24(16-48)29(42)35-25(13-18-1-7-21(39)8-2-18)30(43)36-26(14-19-3-9-22(40)10-4-19)31(44)37-27(15-20-5-11-23(41)12-6-20)32(45)38-28(17-49)33(46)47/h1-12,24-28,39-41,48-49H,13-17,34H2,(H,35,42)(H,36,43)(H,37,44)(H,38,45)(H,46,47)/t24-,25-,26-,27-,28-/m0/s1. The summed E-state index contributed by atoms with van der Waals surface area (Å²) >= 11 is 8.03. The molecule has 3 aromatic carbocycles. The number of benzene rings is 3. The lowest BCUT2D eigenvalue weighted by molar-refractivity contribution is -0.141. The molecule has 16 heteroatoms. The van der Waals surface area contributed by atoms with Gasteiger partial charge in [0.15, 0.2) is 0 Å². The van der Waals surface area contributed by atoms with Crippen molar-refractivity contribution in [1.82, 2.24) is 21.3 Å². The molecule has 0 spiro atoms. The third-order valence-electron chi connectivity index (χ3n) is 7.36. The molecule has 10 N–H and O–H groups in total. The first-order valence-corrected chi connectivity index (χ1v) is 16.3. The Labute approximate surface area is 293 Å². The van der Waals surface area contributed by atoms with Crippen LogP contribution in [-0.4, -0.2) is 91.7 Å². The van der Waals surface area contributed by atoms with Crippen molar-refractivity contribution >= 4 is 54.9 Å². The predicted molar refractivity (Wildman–Crippen MR) is 186 cm³/mol. The van der Waals surface area contributed by atoms with Crippen LogP contribution in [0, 0.1) is 0 Å². The average Bonchev–Trinajstić information content (AvgIpc) is 3.08. The lowest BCUT2D eigenvalue weighted by atomic mass is 10.0. The number of carboxylic acid groups (broad SMARTS) is 1. The Morgan fingerprint density at radius 3 is 1.06 bits per heavy atom. The van der Waals surface area contributed by atoms with E-state index in [0.29, 0.717) is 16.7 Å². The lowest BCUT2D eigenvalue weighted by Gasteiger charge is -2.26. The van der Waals surface area contributed by atoms with Crippen LogP contribution in [0.25, 0.3) is 0 Å². The van der Waals surface area contributed by atoms with Crippen molar-refractivity contribution in [2.24, 2.45) is 5.73 Å². The van der Waals surface area contributed by atoms with E-state index in [2.05, 4.69) is 46.5 Å². The first-order valence-electron chi connectivity index (χ1n) is 15.0. The Balaban J connectivity index is 1.94. The van der Waals surface area contributed by atoms with Gasteiger partial charge < -0.3 is 47.4 Å². The van der Waals surface area contributed by atoms with Gasteiger partial charge in [0.25, 0.3) is 0 Å². The monoisotopic (exact) mass is 713 g/mol. The van der Waals surface area contributed by atoms with Gasteiger partial charge in [-0.2, -0.15) is 25.3 Å². The third-order valence-corrected chi connectivity index (χ3v) is 8.12. The zero-order valence-corrected chi connectivity index (χ0v) is 27.9. The molecule has 14 nitrogen and oxygen atoms in total. The molecule has 4 amide bonds. The number of carboxylic acids is 1. The molecular formula is C33H39N5O9S2. The fraction of sp³-hybridized carbons (Fsp3) is 0.303. The normalized spacial score (nSPS) is 13.9. The van der Waals surface area contributed by atoms with Crippen molar-refractivity contribution in [3.05, 3.63) is 89.5 Å². The molecule has 0 aliphatic carbocycles. The van der Waals surface area contributed by atoms with Crippen LogP contribution in [0.5, 0.6) is 17.2 Å². The first kappa shape index (κ1) is 38.5. The minimum Gasteiger partial charge on any atom is -0.508 e. The SMILES string of the molecule is N[C@@H](CS)C(=O)N[C@@H](Cc1ccc(O)cc1)C(=O)N[C@@H](Cc1ccc(O)cc1)C(=O)N[C@@H](Cc1ccc(O)cc1)C(=O)N[C@@H](CS)C(=O)O. The summed E-state index contributed by atoms with van der Waals surface area (Å²) in [6, 6.07) is 11.3. The number of hydrogen-bond donors (Lipinski definition) is 11. The van der Waals surface area contributed by atoms with Gasteiger partial charge >= 0.3 is 5.97 Å². The molecule has 0 saturated heterocycles. The fourth-order valence-corrected chi connectivity index (χ4v) is 5.01. The zero-order chi connectivity index (χ0) is 36.1. The Kier molecular flexibility index (Phi) is 14.6. The summed E-state index contributed by atoms with van der Waals surface area (Å²) in [4.78, 5) is 65.4. The maximum absolute atomic E-state index is 13.9. The summed E-state index contributed by atoms with van der Waals surface area (Å²) < 4.78 is 0. The van der Waals surface area contributed by atoms with Crippen LogP contribution in [0.2, 0.25) is 0 Å². The van der Waals surface area contributed by atoms with Gasteiger partial charge in [-0.25, -0.2) is 4.79 Å². The van der Waals surface area contributed by atoms with Crippen LogP contribution in [0.4, 0.5) is 0 Å². The third kappa shape index (κ3) is 12.2. The van der Waals surface area contributed by atoms with Crippen LogP contribution < -0.4 is 27.0 Å². The largest absolute Gasteiger partial charge is 0.508 e. The van der Waals surface area contributed by atoms with Gasteiger partial charge in [-0.1, -0.05) is 36.4 Å². The molecule has 49 heavy (non-hydrogen) atoms. The summed E-state index contributed by atoms with van der Waals surface area (Å²) in [6.07, 6.45) is -0.273. The van der Waals surface area contributed by atoms with Crippen molar-refractivity contribution in [2.45, 2.75) is 49.5 Å². The Bertz CT molecular complexity index is 1590. The predicted octanol–water partition coefficient (Wildman–Crippen LogP) is 0.0420. The van der Waals surface area contributed by atoms with Crippen molar-refractivity contribution in [3.8, 4) is 17.2 Å². The van der Waals surface area contributed by atoms with E-state index in [4.69, 9.17) is 5.73 Å². The number of carbonyl (C=O) groups is 5. The summed E-state index contributed by atoms with van der Waals surface area (Å²) in [6.45, 7) is 0. The van der Waals surface area contributed by atoms with E-state index >= 15 is 0 Å². The van der Waals surface area contributed by atoms with E-state index in [1.807, 2.05) is 0 Å². The molecule has 0 aromatic heterocycles. The molecule has 0 saturated carbocycles. The highest BCUT2D eigenvalue weighted by Crippen LogP contribution is 2.15. The van der Waals surface area contributed by atoms with Gasteiger partial charge in [0, 0.05) is 30.8 Å². The second kappa shape index (κ2) is 18.6. The van der Waals surface area contributed by atoms with Crippen molar-refractivity contribution < 1.29 is 44.4 Å². The molecule has 0 fully saturated rings. The van der Waals surface area contributed by atoms with Crippen LogP contribution in [0.3, 0.4) is 0 Å². The van der Waals surface area contributed by atoms with E-state index in [-0.39, 0.29) is 48.0 Å². The maximum atomic E-state index is 13.9. The number of rotatable bonds is 17. The van der Waals surface area contributed by atoms with Crippen molar-refractivity contribution in [1.29, 1.82) is 0 Å². The Morgan fingerprint density at radius 2 is 0.796 bits per heavy atom. The molecule has 0 aliphatic rings. The second-order valence-corrected chi connectivity index (χ2v) is 11.9. The number of carbonyl (C=O) groups excluding carboxylic acids is 4. The van der Waals surface area contributed by atoms with Gasteiger partial charge in [-0.05, 0) is 53.1 Å². The fourth-order valence-electron chi connectivity index (χ4n) is 4.60. The lowest BCUT2D eigenvalue weighted by Crippen LogP contribution is -2.59. The first-order chi connectivity index (χ1) is 23.3. The number of hydrogen-bond acceptors (Lipinski definition) is 11. The molecular weight excluding hydrogens is 675 g/mol. The van der Waals surface area contributed by atoms with Gasteiger partial charge in [0.2, 0.25) is 23.6 Å². The number of nitrogens with one attached hydrogen (secondary N) is 4. The van der Waals surface area contributed by atoms with Crippen LogP contribution in [0.1, 0.15) is 16.7 Å². The maximum Gasteiger partial charge on any atom is 0.327 e. The Morgan fingerprint density at radius 1 is 0.510 bits per heavy atom. The Hall–Kier alpha value is -4.93. The molecule has 0 unspecified atom stereocenters. The number of thiol groups is 2. The molecule has 0 heterocycles. The van der Waals surface area contributed by atoms with E-state index in [9.17, 15) is 44.4 Å². The van der Waals surface area contributed by atoms with Gasteiger partial charge in [-0.15, -0.1) is 0 Å². The number of aromatic hydroxyl groups is 3. The van der Waals surface area contributed by atoms with E-state index < -0.39 is 59.8 Å². The highest BCUT2D eigenvalue weighted by atomic mass is 32.1. The number of amides is 4. The van der Waals surface area contributed by atoms with Gasteiger partial charge in [0.05, 0.1) is 6.04 Å². The second-order valence-electron chi connectivity index (χ2n) is 11.2. The summed E-state index contributed by atoms with van der Waals surface area (Å²) in [5.74, 6) is -4.75. The number of phenols is 3. The van der Waals surface area contributed by atoms with Gasteiger partial charge in [0.1, 0.15) is 41.4 Å². The smallest absolute Gasteiger partial charge is 0.327 e. The van der Waals surface area contributed by atoms with E-state index in [1.165, 1.54) is 60.7 Å². The quantitative estimate of drug-likeness (QED) is 0.0840. The van der Waals surface area contributed by atoms with Crippen LogP contribution in [-0.2, 0) is 43.2 Å². The zero-order valence-electron chi connectivity index (χ0n) is 26.2. The minimum atomic E-state index is -1.37. The van der Waals surface area contributed by atoms with Crippen LogP contribution in [0.15, 0.2) is 72.8 Å². The highest BCUT2D eigenvalue weighted by Gasteiger charge is 2.32. The molecule has 0 bridgehead atoms. The van der Waals surface area contributed by atoms with E-state index in [0.717, 1.165) is 0 Å². The van der Waals surface area contributed by atoms with Crippen molar-refractivity contribution in [2.75, 3.05) is 11.5 Å². The summed E-state index contributed by atoms with van der Waals surface area (Å²) in [7, 11) is 0. The van der Waals surface area contributed by atoms with E-state index in [1.54, 1.807) is 12.1 Å². The number of nitrogens with two attached hydrogens (primary N) is 1. The number of phenolic OH excluding ortho intramolecular Hbond substituents is 3. The highest BCUT2D eigenvalue weighted by molar-refractivity contribution is 7.80. The molecule has 0 aliphatic heterocycles.